The van der Waals surface area contributed by atoms with E-state index in [4.69, 9.17) is 16.0 Å². The molecule has 2 heterocycles. The van der Waals surface area contributed by atoms with Crippen molar-refractivity contribution < 1.29 is 9.21 Å². The second-order valence-electron chi connectivity index (χ2n) is 8.09. The molecule has 0 radical (unpaired) electrons. The highest BCUT2D eigenvalue weighted by Crippen LogP contribution is 2.21. The van der Waals surface area contributed by atoms with Gasteiger partial charge >= 0.3 is 0 Å². The molecule has 3 aromatic carbocycles. The first kappa shape index (κ1) is 21.3. The number of fused-ring (bicyclic) bond motifs is 2. The summed E-state index contributed by atoms with van der Waals surface area (Å²) in [5.74, 6) is 0.733. The molecule has 0 aliphatic carbocycles. The van der Waals surface area contributed by atoms with E-state index >= 15 is 0 Å². The van der Waals surface area contributed by atoms with Gasteiger partial charge in [-0.2, -0.15) is 0 Å². The third-order valence-corrected chi connectivity index (χ3v) is 6.05. The van der Waals surface area contributed by atoms with Gasteiger partial charge in [-0.05, 0) is 47.9 Å². The van der Waals surface area contributed by atoms with Crippen molar-refractivity contribution >= 4 is 39.4 Å². The highest BCUT2D eigenvalue weighted by atomic mass is 35.5. The summed E-state index contributed by atoms with van der Waals surface area (Å²) in [6.45, 7) is 0.892. The van der Waals surface area contributed by atoms with Gasteiger partial charge in [0.15, 0.2) is 0 Å². The van der Waals surface area contributed by atoms with Gasteiger partial charge in [-0.3, -0.25) is 10.1 Å². The molecule has 3 N–H and O–H groups in total. The quantitative estimate of drug-likeness (QED) is 0.284. The normalized spacial score (nSPS) is 12.3. The average Bonchev–Trinajstić information content (AvgIpc) is 3.45. The van der Waals surface area contributed by atoms with Crippen molar-refractivity contribution in [3.8, 4) is 0 Å². The van der Waals surface area contributed by atoms with Gasteiger partial charge in [0.05, 0.1) is 12.6 Å². The maximum absolute atomic E-state index is 13.2. The lowest BCUT2D eigenvalue weighted by molar-refractivity contribution is -0.123. The Hall–Kier alpha value is -3.54. The number of carbonyl (C=O) groups excluding carboxylic acids is 1. The summed E-state index contributed by atoms with van der Waals surface area (Å²) < 4.78 is 5.93. The van der Waals surface area contributed by atoms with Gasteiger partial charge in [-0.1, -0.05) is 60.1 Å². The molecule has 2 aromatic heterocycles. The molecule has 6 heteroatoms. The second-order valence-corrected chi connectivity index (χ2v) is 8.53. The molecule has 0 saturated heterocycles. The van der Waals surface area contributed by atoms with Gasteiger partial charge in [-0.15, -0.1) is 0 Å². The molecule has 0 bridgehead atoms. The topological polar surface area (TPSA) is 70.1 Å². The molecule has 0 fully saturated rings. The summed E-state index contributed by atoms with van der Waals surface area (Å²) in [6, 6.07) is 25.1. The van der Waals surface area contributed by atoms with Crippen LogP contribution in [0.4, 0.5) is 0 Å². The molecule has 5 rings (SSSR count). The van der Waals surface area contributed by atoms with Gasteiger partial charge in [-0.25, -0.2) is 0 Å². The van der Waals surface area contributed by atoms with Crippen LogP contribution in [-0.2, 0) is 24.3 Å². The molecule has 0 aliphatic rings. The third-order valence-electron chi connectivity index (χ3n) is 5.79. The first-order chi connectivity index (χ1) is 16.2. The predicted octanol–water partition coefficient (Wildman–Crippen LogP) is 5.58. The van der Waals surface area contributed by atoms with Crippen molar-refractivity contribution in [2.45, 2.75) is 25.6 Å². The molecule has 1 unspecified atom stereocenters. The summed E-state index contributed by atoms with van der Waals surface area (Å²) in [5, 5.41) is 9.31. The van der Waals surface area contributed by atoms with E-state index < -0.39 is 6.04 Å². The van der Waals surface area contributed by atoms with Crippen LogP contribution < -0.4 is 10.6 Å². The Labute approximate surface area is 196 Å². The largest absolute Gasteiger partial charge is 0.460 e. The number of nitrogens with one attached hydrogen (secondary N) is 3. The number of H-pyrrole nitrogens is 1. The molecule has 5 nitrogen and oxygen atoms in total. The zero-order valence-electron chi connectivity index (χ0n) is 18.0. The van der Waals surface area contributed by atoms with Crippen molar-refractivity contribution in [2.24, 2.45) is 0 Å². The third kappa shape index (κ3) is 4.95. The Balaban J connectivity index is 1.33. The van der Waals surface area contributed by atoms with E-state index in [2.05, 4.69) is 21.7 Å². The van der Waals surface area contributed by atoms with E-state index in [0.29, 0.717) is 24.5 Å². The molecule has 0 aliphatic heterocycles. The Morgan fingerprint density at radius 2 is 1.76 bits per heavy atom. The van der Waals surface area contributed by atoms with E-state index in [9.17, 15) is 4.79 Å². The number of aromatic amines is 1. The van der Waals surface area contributed by atoms with Crippen LogP contribution in [0.2, 0.25) is 5.02 Å². The molecule has 1 amide bonds. The second kappa shape index (κ2) is 9.53. The smallest absolute Gasteiger partial charge is 0.237 e. The fourth-order valence-electron chi connectivity index (χ4n) is 4.04. The van der Waals surface area contributed by atoms with Gasteiger partial charge in [0.25, 0.3) is 0 Å². The Bertz CT molecular complexity index is 1350. The molecule has 5 aromatic rings. The lowest BCUT2D eigenvalue weighted by atomic mass is 10.0. The fourth-order valence-corrected chi connectivity index (χ4v) is 4.17. The van der Waals surface area contributed by atoms with Crippen LogP contribution in [0.15, 0.2) is 89.5 Å². The van der Waals surface area contributed by atoms with Crippen LogP contribution in [0.5, 0.6) is 0 Å². The van der Waals surface area contributed by atoms with Crippen LogP contribution in [0, 0.1) is 0 Å². The predicted molar refractivity (Wildman–Crippen MR) is 132 cm³/mol. The van der Waals surface area contributed by atoms with Crippen LogP contribution in [0.1, 0.15) is 16.9 Å². The molecular weight excluding hydrogens is 434 g/mol. The van der Waals surface area contributed by atoms with E-state index in [1.165, 1.54) is 0 Å². The minimum absolute atomic E-state index is 0.0636. The number of benzene rings is 3. The van der Waals surface area contributed by atoms with Crippen LogP contribution in [0.25, 0.3) is 21.9 Å². The minimum atomic E-state index is -0.426. The number of furan rings is 1. The number of amides is 1. The minimum Gasteiger partial charge on any atom is -0.460 e. The first-order valence-electron chi connectivity index (χ1n) is 10.9. The number of para-hydroxylation sites is 2. The van der Waals surface area contributed by atoms with Gasteiger partial charge in [0.1, 0.15) is 11.3 Å². The number of carbonyl (C=O) groups is 1. The molecular formula is C27H24ClN3O2. The van der Waals surface area contributed by atoms with Gasteiger partial charge < -0.3 is 14.7 Å². The van der Waals surface area contributed by atoms with E-state index in [1.807, 2.05) is 79.0 Å². The molecule has 1 atom stereocenters. The lowest BCUT2D eigenvalue weighted by Crippen LogP contribution is -2.45. The summed E-state index contributed by atoms with van der Waals surface area (Å²) in [5.41, 5.74) is 3.99. The maximum atomic E-state index is 13.2. The molecule has 33 heavy (non-hydrogen) atoms. The highest BCUT2D eigenvalue weighted by Gasteiger charge is 2.21. The molecule has 0 saturated carbocycles. The fraction of sp³-hybridized carbons (Fsp3) is 0.148. The summed E-state index contributed by atoms with van der Waals surface area (Å²) in [6.07, 6.45) is 2.53. The monoisotopic (exact) mass is 457 g/mol. The number of hydrogen-bond acceptors (Lipinski definition) is 3. The van der Waals surface area contributed by atoms with Crippen molar-refractivity contribution in [2.75, 3.05) is 0 Å². The number of rotatable bonds is 8. The summed E-state index contributed by atoms with van der Waals surface area (Å²) >= 11 is 5.97. The molecule has 0 spiro atoms. The van der Waals surface area contributed by atoms with Crippen LogP contribution in [0.3, 0.4) is 0 Å². The maximum Gasteiger partial charge on any atom is 0.237 e. The highest BCUT2D eigenvalue weighted by molar-refractivity contribution is 6.30. The Morgan fingerprint density at radius 1 is 0.970 bits per heavy atom. The van der Waals surface area contributed by atoms with Crippen molar-refractivity contribution in [3.63, 3.8) is 0 Å². The molecule has 166 valence electrons. The zero-order chi connectivity index (χ0) is 22.6. The van der Waals surface area contributed by atoms with E-state index in [1.54, 1.807) is 0 Å². The first-order valence-corrected chi connectivity index (χ1v) is 11.3. The average molecular weight is 458 g/mol. The van der Waals surface area contributed by atoms with Crippen molar-refractivity contribution in [1.82, 2.24) is 15.6 Å². The zero-order valence-corrected chi connectivity index (χ0v) is 18.7. The Kier molecular flexibility index (Phi) is 6.15. The van der Waals surface area contributed by atoms with Crippen LogP contribution >= 0.6 is 11.6 Å². The van der Waals surface area contributed by atoms with Crippen molar-refractivity contribution in [1.29, 1.82) is 0 Å². The summed E-state index contributed by atoms with van der Waals surface area (Å²) in [4.78, 5) is 16.5. The summed E-state index contributed by atoms with van der Waals surface area (Å²) in [7, 11) is 0. The lowest BCUT2D eigenvalue weighted by Gasteiger charge is -2.18. The number of hydrogen-bond donors (Lipinski definition) is 3. The number of aromatic nitrogens is 1. The SMILES string of the molecule is O=C(NCc1ccc(Cl)cc1)C(Cc1c[nH]c2ccccc12)NCc1cc2ccccc2o1. The number of halogens is 1. The van der Waals surface area contributed by atoms with E-state index in [0.717, 1.165) is 38.8 Å². The Morgan fingerprint density at radius 3 is 2.61 bits per heavy atom. The van der Waals surface area contributed by atoms with Crippen LogP contribution in [-0.4, -0.2) is 16.9 Å². The van der Waals surface area contributed by atoms with Gasteiger partial charge in [0, 0.05) is 34.1 Å². The van der Waals surface area contributed by atoms with Crippen molar-refractivity contribution in [3.05, 3.63) is 107 Å². The van der Waals surface area contributed by atoms with E-state index in [-0.39, 0.29) is 5.91 Å². The standard InChI is InChI=1S/C27H24ClN3O2/c28-21-11-9-18(10-12-21)15-31-27(32)25(14-20-16-29-24-7-3-2-6-23(20)24)30-17-22-13-19-5-1-4-8-26(19)33-22/h1-13,16,25,29-30H,14-15,17H2,(H,31,32). The van der Waals surface area contributed by atoms with Gasteiger partial charge in [0.2, 0.25) is 5.91 Å².